The van der Waals surface area contributed by atoms with E-state index in [4.69, 9.17) is 11.6 Å². The third kappa shape index (κ3) is 2.97. The van der Waals surface area contributed by atoms with Gasteiger partial charge in [-0.1, -0.05) is 24.4 Å². The highest BCUT2D eigenvalue weighted by Gasteiger charge is 2.24. The van der Waals surface area contributed by atoms with E-state index in [0.717, 1.165) is 37.8 Å². The van der Waals surface area contributed by atoms with Gasteiger partial charge < -0.3 is 0 Å². The van der Waals surface area contributed by atoms with Crippen LogP contribution >= 0.6 is 11.6 Å². The summed E-state index contributed by atoms with van der Waals surface area (Å²) in [7, 11) is -3.64. The van der Waals surface area contributed by atoms with Crippen LogP contribution in [0.1, 0.15) is 25.7 Å². The second-order valence-corrected chi connectivity index (χ2v) is 6.27. The summed E-state index contributed by atoms with van der Waals surface area (Å²) in [5.41, 5.74) is 0. The molecule has 0 heterocycles. The summed E-state index contributed by atoms with van der Waals surface area (Å²) in [6, 6.07) is 3.26. The lowest BCUT2D eigenvalue weighted by molar-refractivity contribution is 0.552. The molecule has 1 aliphatic carbocycles. The fourth-order valence-electron chi connectivity index (χ4n) is 2.02. The van der Waals surface area contributed by atoms with Crippen molar-refractivity contribution < 1.29 is 12.8 Å². The molecule has 0 spiro atoms. The first-order valence-electron chi connectivity index (χ1n) is 5.46. The van der Waals surface area contributed by atoms with E-state index in [1.165, 1.54) is 6.07 Å². The zero-order valence-electron chi connectivity index (χ0n) is 9.12. The molecule has 0 aromatic heterocycles. The van der Waals surface area contributed by atoms with Crippen molar-refractivity contribution >= 4 is 21.6 Å². The first-order chi connectivity index (χ1) is 7.99. The van der Waals surface area contributed by atoms with Gasteiger partial charge in [0.1, 0.15) is 10.7 Å². The van der Waals surface area contributed by atoms with Crippen LogP contribution in [0.5, 0.6) is 0 Å². The largest absolute Gasteiger partial charge is 0.242 e. The summed E-state index contributed by atoms with van der Waals surface area (Å²) in [6.45, 7) is 0. The van der Waals surface area contributed by atoms with Crippen LogP contribution < -0.4 is 4.72 Å². The Labute approximate surface area is 105 Å². The average molecular weight is 278 g/mol. The van der Waals surface area contributed by atoms with Gasteiger partial charge in [-0.25, -0.2) is 17.5 Å². The molecule has 0 radical (unpaired) electrons. The zero-order chi connectivity index (χ0) is 12.5. The van der Waals surface area contributed by atoms with Crippen molar-refractivity contribution in [3.05, 3.63) is 29.0 Å². The number of nitrogens with one attached hydrogen (secondary N) is 1. The third-order valence-corrected chi connectivity index (χ3v) is 4.86. The summed E-state index contributed by atoms with van der Waals surface area (Å²) in [6.07, 6.45) is 3.75. The van der Waals surface area contributed by atoms with Crippen LogP contribution in [0, 0.1) is 5.82 Å². The summed E-state index contributed by atoms with van der Waals surface area (Å²) in [4.78, 5) is -0.0625. The third-order valence-electron chi connectivity index (χ3n) is 2.86. The molecule has 1 aliphatic rings. The Morgan fingerprint density at radius 1 is 1.29 bits per heavy atom. The molecule has 3 nitrogen and oxygen atoms in total. The lowest BCUT2D eigenvalue weighted by Gasteiger charge is -2.13. The molecule has 0 bridgehead atoms. The van der Waals surface area contributed by atoms with E-state index in [1.54, 1.807) is 0 Å². The van der Waals surface area contributed by atoms with Crippen LogP contribution in [-0.2, 0) is 10.0 Å². The number of sulfonamides is 1. The molecule has 0 amide bonds. The van der Waals surface area contributed by atoms with Crippen molar-refractivity contribution in [3.63, 3.8) is 0 Å². The monoisotopic (exact) mass is 277 g/mol. The molecular weight excluding hydrogens is 265 g/mol. The van der Waals surface area contributed by atoms with E-state index < -0.39 is 15.8 Å². The van der Waals surface area contributed by atoms with Crippen LogP contribution in [0.25, 0.3) is 0 Å². The number of rotatable bonds is 3. The Bertz CT molecular complexity index is 512. The molecule has 0 unspecified atom stereocenters. The van der Waals surface area contributed by atoms with E-state index in [2.05, 4.69) is 4.72 Å². The number of benzene rings is 1. The van der Waals surface area contributed by atoms with Crippen LogP contribution in [0.3, 0.4) is 0 Å². The molecule has 1 saturated carbocycles. The van der Waals surface area contributed by atoms with Crippen LogP contribution in [0.15, 0.2) is 23.1 Å². The van der Waals surface area contributed by atoms with Crippen molar-refractivity contribution in [2.45, 2.75) is 36.6 Å². The first kappa shape index (κ1) is 12.8. The average Bonchev–Trinajstić information content (AvgIpc) is 2.68. The van der Waals surface area contributed by atoms with Gasteiger partial charge in [0.25, 0.3) is 0 Å². The highest BCUT2D eigenvalue weighted by Crippen LogP contribution is 2.25. The molecule has 1 aromatic carbocycles. The maximum atomic E-state index is 12.8. The Morgan fingerprint density at radius 3 is 2.53 bits per heavy atom. The van der Waals surface area contributed by atoms with Crippen molar-refractivity contribution in [2.24, 2.45) is 0 Å². The fourth-order valence-corrected chi connectivity index (χ4v) is 3.86. The van der Waals surface area contributed by atoms with Gasteiger partial charge in [0, 0.05) is 6.04 Å². The normalized spacial score (nSPS) is 17.5. The van der Waals surface area contributed by atoms with Crippen LogP contribution in [0.4, 0.5) is 4.39 Å². The van der Waals surface area contributed by atoms with E-state index in [9.17, 15) is 12.8 Å². The van der Waals surface area contributed by atoms with Crippen molar-refractivity contribution in [2.75, 3.05) is 0 Å². The van der Waals surface area contributed by atoms with Crippen molar-refractivity contribution in [3.8, 4) is 0 Å². The summed E-state index contributed by atoms with van der Waals surface area (Å²) < 4.78 is 39.4. The molecule has 1 N–H and O–H groups in total. The minimum atomic E-state index is -3.64. The summed E-state index contributed by atoms with van der Waals surface area (Å²) in [5.74, 6) is -0.546. The van der Waals surface area contributed by atoms with E-state index in [1.807, 2.05) is 0 Å². The molecule has 6 heteroatoms. The van der Waals surface area contributed by atoms with Gasteiger partial charge in [-0.2, -0.15) is 0 Å². The van der Waals surface area contributed by atoms with Gasteiger partial charge in [-0.05, 0) is 31.0 Å². The molecule has 0 aliphatic heterocycles. The van der Waals surface area contributed by atoms with Crippen molar-refractivity contribution in [1.29, 1.82) is 0 Å². The molecule has 17 heavy (non-hydrogen) atoms. The molecule has 0 saturated heterocycles. The van der Waals surface area contributed by atoms with Gasteiger partial charge in [-0.15, -0.1) is 0 Å². The minimum Gasteiger partial charge on any atom is -0.208 e. The molecule has 2 rings (SSSR count). The van der Waals surface area contributed by atoms with Gasteiger partial charge in [0.2, 0.25) is 10.0 Å². The van der Waals surface area contributed by atoms with E-state index >= 15 is 0 Å². The van der Waals surface area contributed by atoms with Gasteiger partial charge in [0.05, 0.1) is 5.02 Å². The number of hydrogen-bond donors (Lipinski definition) is 1. The zero-order valence-corrected chi connectivity index (χ0v) is 10.7. The Hall–Kier alpha value is -0.650. The smallest absolute Gasteiger partial charge is 0.208 e. The highest BCUT2D eigenvalue weighted by atomic mass is 35.5. The number of halogens is 2. The maximum Gasteiger partial charge on any atom is 0.242 e. The summed E-state index contributed by atoms with van der Waals surface area (Å²) >= 11 is 5.74. The van der Waals surface area contributed by atoms with E-state index in [-0.39, 0.29) is 16.0 Å². The predicted molar refractivity (Wildman–Crippen MR) is 64.0 cm³/mol. The lowest BCUT2D eigenvalue weighted by atomic mass is 10.3. The second kappa shape index (κ2) is 4.92. The van der Waals surface area contributed by atoms with Gasteiger partial charge >= 0.3 is 0 Å². The topological polar surface area (TPSA) is 46.2 Å². The van der Waals surface area contributed by atoms with Gasteiger partial charge in [0.15, 0.2) is 0 Å². The quantitative estimate of drug-likeness (QED) is 0.923. The second-order valence-electron chi connectivity index (χ2n) is 4.18. The molecule has 1 fully saturated rings. The standard InChI is InChI=1S/C11H13ClFNO2S/c12-10-7-8(13)5-6-11(10)17(15,16)14-9-3-1-2-4-9/h5-7,9,14H,1-4H2. The van der Waals surface area contributed by atoms with E-state index in [0.29, 0.717) is 0 Å². The number of hydrogen-bond acceptors (Lipinski definition) is 2. The Morgan fingerprint density at radius 2 is 1.94 bits per heavy atom. The molecular formula is C11H13ClFNO2S. The fraction of sp³-hybridized carbons (Fsp3) is 0.455. The Kier molecular flexibility index (Phi) is 3.70. The molecule has 94 valence electrons. The van der Waals surface area contributed by atoms with Crippen molar-refractivity contribution in [1.82, 2.24) is 4.72 Å². The Balaban J connectivity index is 2.24. The minimum absolute atomic E-state index is 0.0267. The maximum absolute atomic E-state index is 12.8. The van der Waals surface area contributed by atoms with Crippen LogP contribution in [-0.4, -0.2) is 14.5 Å². The lowest BCUT2D eigenvalue weighted by Crippen LogP contribution is -2.32. The molecule has 1 aromatic rings. The predicted octanol–water partition coefficient (Wildman–Crippen LogP) is 2.70. The highest BCUT2D eigenvalue weighted by molar-refractivity contribution is 7.89. The first-order valence-corrected chi connectivity index (χ1v) is 7.32. The molecule has 0 atom stereocenters. The summed E-state index contributed by atoms with van der Waals surface area (Å²) in [5, 5.41) is -0.0875. The SMILES string of the molecule is O=S(=O)(NC1CCCC1)c1ccc(F)cc1Cl. The van der Waals surface area contributed by atoms with Gasteiger partial charge in [-0.3, -0.25) is 0 Å². The van der Waals surface area contributed by atoms with Crippen LogP contribution in [0.2, 0.25) is 5.02 Å².